The normalized spacial score (nSPS) is 32.3. The van der Waals surface area contributed by atoms with E-state index < -0.39 is 11.8 Å². The lowest BCUT2D eigenvalue weighted by Gasteiger charge is -2.39. The standard InChI is InChI=1S/C9H19N3O/c1-8(2)6-10-11-9(3,4)7(13)12(8)5/h6-7,11,13H,1-5H3. The number of rotatable bonds is 0. The van der Waals surface area contributed by atoms with Crippen molar-refractivity contribution in [1.82, 2.24) is 10.3 Å². The predicted octanol–water partition coefficient (Wildman–Crippen LogP) is 0.383. The fourth-order valence-electron chi connectivity index (χ4n) is 1.30. The molecule has 0 aromatic heterocycles. The molecular formula is C9H19N3O. The molecule has 13 heavy (non-hydrogen) atoms. The second kappa shape index (κ2) is 2.96. The molecule has 0 bridgehead atoms. The first-order chi connectivity index (χ1) is 5.77. The van der Waals surface area contributed by atoms with Crippen LogP contribution in [0.5, 0.6) is 0 Å². The summed E-state index contributed by atoms with van der Waals surface area (Å²) in [7, 11) is 1.89. The van der Waals surface area contributed by atoms with Crippen LogP contribution in [0.1, 0.15) is 27.7 Å². The highest BCUT2D eigenvalue weighted by molar-refractivity contribution is 5.69. The van der Waals surface area contributed by atoms with E-state index in [2.05, 4.69) is 10.5 Å². The van der Waals surface area contributed by atoms with Gasteiger partial charge in [-0.05, 0) is 34.7 Å². The van der Waals surface area contributed by atoms with Gasteiger partial charge in [0.25, 0.3) is 0 Å². The van der Waals surface area contributed by atoms with Gasteiger partial charge in [0, 0.05) is 6.21 Å². The number of likely N-dealkylation sites (N-methyl/N-ethyl adjacent to an activating group) is 1. The van der Waals surface area contributed by atoms with Gasteiger partial charge in [-0.1, -0.05) is 0 Å². The van der Waals surface area contributed by atoms with Crippen LogP contribution in [0.3, 0.4) is 0 Å². The van der Waals surface area contributed by atoms with Crippen LogP contribution in [-0.2, 0) is 0 Å². The summed E-state index contributed by atoms with van der Waals surface area (Å²) in [4.78, 5) is 1.90. The zero-order valence-electron chi connectivity index (χ0n) is 9.00. The van der Waals surface area contributed by atoms with Crippen molar-refractivity contribution < 1.29 is 5.11 Å². The van der Waals surface area contributed by atoms with E-state index >= 15 is 0 Å². The maximum absolute atomic E-state index is 10.0. The molecule has 0 aromatic rings. The van der Waals surface area contributed by atoms with Crippen LogP contribution < -0.4 is 5.43 Å². The molecule has 4 heteroatoms. The summed E-state index contributed by atoms with van der Waals surface area (Å²) in [5.41, 5.74) is 2.29. The molecule has 0 aliphatic carbocycles. The Hall–Kier alpha value is -0.610. The molecule has 0 saturated heterocycles. The minimum absolute atomic E-state index is 0.222. The van der Waals surface area contributed by atoms with E-state index in [0.29, 0.717) is 0 Å². The molecule has 1 aliphatic rings. The van der Waals surface area contributed by atoms with Gasteiger partial charge in [0.15, 0.2) is 0 Å². The Morgan fingerprint density at radius 2 is 1.92 bits per heavy atom. The van der Waals surface area contributed by atoms with Crippen LogP contribution in [-0.4, -0.2) is 40.6 Å². The van der Waals surface area contributed by atoms with E-state index in [0.717, 1.165) is 0 Å². The molecule has 0 saturated carbocycles. The zero-order valence-corrected chi connectivity index (χ0v) is 9.00. The Labute approximate surface area is 79.6 Å². The van der Waals surface area contributed by atoms with Gasteiger partial charge in [-0.3, -0.25) is 4.90 Å². The van der Waals surface area contributed by atoms with Crippen molar-refractivity contribution in [2.45, 2.75) is 45.0 Å². The van der Waals surface area contributed by atoms with Crippen LogP contribution >= 0.6 is 0 Å². The van der Waals surface area contributed by atoms with E-state index in [1.165, 1.54) is 0 Å². The number of hydrogen-bond acceptors (Lipinski definition) is 4. The van der Waals surface area contributed by atoms with Crippen molar-refractivity contribution >= 4 is 6.21 Å². The average molecular weight is 185 g/mol. The van der Waals surface area contributed by atoms with E-state index in [-0.39, 0.29) is 5.54 Å². The first kappa shape index (κ1) is 10.5. The van der Waals surface area contributed by atoms with Gasteiger partial charge in [0.1, 0.15) is 6.23 Å². The summed E-state index contributed by atoms with van der Waals surface area (Å²) in [6, 6.07) is 0. The Morgan fingerprint density at radius 3 is 2.46 bits per heavy atom. The van der Waals surface area contributed by atoms with Crippen molar-refractivity contribution in [3.8, 4) is 0 Å². The number of aliphatic hydroxyl groups is 1. The van der Waals surface area contributed by atoms with Crippen molar-refractivity contribution in [2.75, 3.05) is 7.05 Å². The van der Waals surface area contributed by atoms with E-state index in [4.69, 9.17) is 0 Å². The van der Waals surface area contributed by atoms with Gasteiger partial charge in [0.2, 0.25) is 0 Å². The summed E-state index contributed by atoms with van der Waals surface area (Å²) in [5, 5.41) is 14.1. The Kier molecular flexibility index (Phi) is 2.38. The summed E-state index contributed by atoms with van der Waals surface area (Å²) < 4.78 is 0. The lowest BCUT2D eigenvalue weighted by Crippen LogP contribution is -2.58. The maximum Gasteiger partial charge on any atom is 0.132 e. The molecule has 1 atom stereocenters. The molecule has 1 unspecified atom stereocenters. The summed E-state index contributed by atoms with van der Waals surface area (Å²) in [5.74, 6) is 0. The molecule has 1 aliphatic heterocycles. The van der Waals surface area contributed by atoms with Gasteiger partial charge in [-0.25, -0.2) is 0 Å². The van der Waals surface area contributed by atoms with E-state index in [1.807, 2.05) is 45.9 Å². The van der Waals surface area contributed by atoms with Crippen molar-refractivity contribution in [3.63, 3.8) is 0 Å². The van der Waals surface area contributed by atoms with Gasteiger partial charge < -0.3 is 10.5 Å². The smallest absolute Gasteiger partial charge is 0.132 e. The van der Waals surface area contributed by atoms with Crippen LogP contribution in [0.25, 0.3) is 0 Å². The third-order valence-electron chi connectivity index (χ3n) is 2.65. The predicted molar refractivity (Wildman–Crippen MR) is 53.6 cm³/mol. The molecule has 1 heterocycles. The molecule has 0 radical (unpaired) electrons. The SMILES string of the molecule is CN1C(O)C(C)(C)NN=CC1(C)C. The number of nitrogens with zero attached hydrogens (tertiary/aromatic N) is 2. The van der Waals surface area contributed by atoms with E-state index in [1.54, 1.807) is 0 Å². The minimum Gasteiger partial charge on any atom is -0.376 e. The fourth-order valence-corrected chi connectivity index (χ4v) is 1.30. The number of hydrazone groups is 1. The van der Waals surface area contributed by atoms with Crippen LogP contribution in [0.15, 0.2) is 5.10 Å². The lowest BCUT2D eigenvalue weighted by molar-refractivity contribution is -0.0617. The van der Waals surface area contributed by atoms with Crippen molar-refractivity contribution in [2.24, 2.45) is 5.10 Å². The summed E-state index contributed by atoms with van der Waals surface area (Å²) in [6.45, 7) is 7.88. The molecule has 0 spiro atoms. The van der Waals surface area contributed by atoms with Crippen molar-refractivity contribution in [1.29, 1.82) is 0 Å². The van der Waals surface area contributed by atoms with Gasteiger partial charge in [-0.2, -0.15) is 5.10 Å². The quantitative estimate of drug-likeness (QED) is 0.573. The lowest BCUT2D eigenvalue weighted by atomic mass is 9.99. The van der Waals surface area contributed by atoms with Crippen molar-refractivity contribution in [3.05, 3.63) is 0 Å². The molecule has 4 nitrogen and oxygen atoms in total. The Bertz CT molecular complexity index is 223. The van der Waals surface area contributed by atoms with Crippen LogP contribution in [0.4, 0.5) is 0 Å². The molecule has 2 N–H and O–H groups in total. The second-order valence-electron chi connectivity index (χ2n) is 4.73. The average Bonchev–Trinajstić information content (AvgIpc) is 2.04. The molecule has 0 amide bonds. The van der Waals surface area contributed by atoms with Crippen LogP contribution in [0, 0.1) is 0 Å². The summed E-state index contributed by atoms with van der Waals surface area (Å²) >= 11 is 0. The van der Waals surface area contributed by atoms with Gasteiger partial charge in [-0.15, -0.1) is 0 Å². The fraction of sp³-hybridized carbons (Fsp3) is 0.889. The topological polar surface area (TPSA) is 47.9 Å². The second-order valence-corrected chi connectivity index (χ2v) is 4.73. The Balaban J connectivity index is 2.96. The molecule has 76 valence electrons. The number of nitrogens with one attached hydrogen (secondary N) is 1. The van der Waals surface area contributed by atoms with E-state index in [9.17, 15) is 5.11 Å². The molecule has 0 fully saturated rings. The highest BCUT2D eigenvalue weighted by Crippen LogP contribution is 2.22. The molecule has 0 aromatic carbocycles. The number of aliphatic hydroxyl groups excluding tert-OH is 1. The third-order valence-corrected chi connectivity index (χ3v) is 2.65. The monoisotopic (exact) mass is 185 g/mol. The first-order valence-corrected chi connectivity index (χ1v) is 4.50. The first-order valence-electron chi connectivity index (χ1n) is 4.50. The summed E-state index contributed by atoms with van der Waals surface area (Å²) in [6.07, 6.45) is 1.26. The zero-order chi connectivity index (χ0) is 10.3. The number of hydrogen-bond donors (Lipinski definition) is 2. The Morgan fingerprint density at radius 1 is 1.38 bits per heavy atom. The van der Waals surface area contributed by atoms with Crippen LogP contribution in [0.2, 0.25) is 0 Å². The van der Waals surface area contributed by atoms with Gasteiger partial charge >= 0.3 is 0 Å². The molecular weight excluding hydrogens is 166 g/mol. The molecule has 1 rings (SSSR count). The highest BCUT2D eigenvalue weighted by Gasteiger charge is 2.38. The van der Waals surface area contributed by atoms with Gasteiger partial charge in [0.05, 0.1) is 11.1 Å². The third kappa shape index (κ3) is 1.84. The maximum atomic E-state index is 10.0. The largest absolute Gasteiger partial charge is 0.376 e. The highest BCUT2D eigenvalue weighted by atomic mass is 16.3. The minimum atomic E-state index is -0.551.